The minimum absolute atomic E-state index is 0.0107. The molecular weight excluding hydrogens is 234 g/mol. The molecule has 0 aliphatic rings. The molecular formula is C12H25N3O3. The third-order valence-electron chi connectivity index (χ3n) is 2.67. The summed E-state index contributed by atoms with van der Waals surface area (Å²) in [5, 5.41) is 5.63. The molecule has 0 aliphatic heterocycles. The number of carbonyl (C=O) groups is 2. The van der Waals surface area contributed by atoms with E-state index in [-0.39, 0.29) is 24.4 Å². The molecule has 0 radical (unpaired) electrons. The van der Waals surface area contributed by atoms with E-state index >= 15 is 0 Å². The van der Waals surface area contributed by atoms with Crippen molar-refractivity contribution >= 4 is 11.8 Å². The zero-order chi connectivity index (χ0) is 14.0. The van der Waals surface area contributed by atoms with E-state index in [1.165, 1.54) is 0 Å². The van der Waals surface area contributed by atoms with Gasteiger partial charge in [0.1, 0.15) is 0 Å². The SMILES string of the molecule is CCN(CC)C(=O)CNC(C)C(=O)NCCOC. The first-order valence-electron chi connectivity index (χ1n) is 6.34. The third kappa shape index (κ3) is 6.56. The molecule has 0 saturated heterocycles. The number of amides is 2. The highest BCUT2D eigenvalue weighted by Crippen LogP contribution is 1.89. The number of carbonyl (C=O) groups excluding carboxylic acids is 2. The average molecular weight is 259 g/mol. The zero-order valence-electron chi connectivity index (χ0n) is 11.8. The van der Waals surface area contributed by atoms with Gasteiger partial charge in [-0.05, 0) is 20.8 Å². The number of methoxy groups -OCH3 is 1. The first kappa shape index (κ1) is 16.9. The average Bonchev–Trinajstić information content (AvgIpc) is 2.37. The van der Waals surface area contributed by atoms with Crippen LogP contribution in [-0.2, 0) is 14.3 Å². The fraction of sp³-hybridized carbons (Fsp3) is 0.833. The van der Waals surface area contributed by atoms with Gasteiger partial charge in [-0.25, -0.2) is 0 Å². The molecule has 0 aromatic rings. The van der Waals surface area contributed by atoms with Crippen LogP contribution in [-0.4, -0.2) is 62.7 Å². The fourth-order valence-corrected chi connectivity index (χ4v) is 1.45. The molecule has 0 rings (SSSR count). The Morgan fingerprint density at radius 1 is 1.28 bits per heavy atom. The van der Waals surface area contributed by atoms with Crippen molar-refractivity contribution in [1.29, 1.82) is 0 Å². The van der Waals surface area contributed by atoms with E-state index < -0.39 is 0 Å². The van der Waals surface area contributed by atoms with Gasteiger partial charge in [-0.15, -0.1) is 0 Å². The molecule has 1 unspecified atom stereocenters. The van der Waals surface area contributed by atoms with Crippen LogP contribution in [0.1, 0.15) is 20.8 Å². The standard InChI is InChI=1S/C12H25N3O3/c1-5-15(6-2)11(16)9-14-10(3)12(17)13-7-8-18-4/h10,14H,5-9H2,1-4H3,(H,13,17). The van der Waals surface area contributed by atoms with Gasteiger partial charge in [-0.1, -0.05) is 0 Å². The summed E-state index contributed by atoms with van der Waals surface area (Å²) in [7, 11) is 1.58. The van der Waals surface area contributed by atoms with Crippen LogP contribution < -0.4 is 10.6 Å². The van der Waals surface area contributed by atoms with E-state index in [9.17, 15) is 9.59 Å². The first-order chi connectivity index (χ1) is 8.56. The van der Waals surface area contributed by atoms with Crippen LogP contribution in [0.5, 0.6) is 0 Å². The maximum absolute atomic E-state index is 11.7. The van der Waals surface area contributed by atoms with Crippen LogP contribution in [0.4, 0.5) is 0 Å². The number of rotatable bonds is 9. The summed E-state index contributed by atoms with van der Waals surface area (Å²) in [5.41, 5.74) is 0. The van der Waals surface area contributed by atoms with E-state index in [1.807, 2.05) is 13.8 Å². The van der Waals surface area contributed by atoms with Crippen molar-refractivity contribution in [2.24, 2.45) is 0 Å². The number of hydrogen-bond acceptors (Lipinski definition) is 4. The second-order valence-corrected chi connectivity index (χ2v) is 3.95. The number of nitrogens with one attached hydrogen (secondary N) is 2. The third-order valence-corrected chi connectivity index (χ3v) is 2.67. The largest absolute Gasteiger partial charge is 0.383 e. The topological polar surface area (TPSA) is 70.7 Å². The molecule has 0 fully saturated rings. The molecule has 0 bridgehead atoms. The second kappa shape index (κ2) is 9.85. The van der Waals surface area contributed by atoms with Crippen LogP contribution >= 0.6 is 0 Å². The first-order valence-corrected chi connectivity index (χ1v) is 6.34. The van der Waals surface area contributed by atoms with Crippen molar-refractivity contribution in [2.75, 3.05) is 39.9 Å². The molecule has 6 heteroatoms. The van der Waals surface area contributed by atoms with Gasteiger partial charge in [0.2, 0.25) is 11.8 Å². The lowest BCUT2D eigenvalue weighted by Gasteiger charge is -2.20. The van der Waals surface area contributed by atoms with Crippen molar-refractivity contribution in [3.8, 4) is 0 Å². The highest BCUT2D eigenvalue weighted by molar-refractivity contribution is 5.83. The van der Waals surface area contributed by atoms with Gasteiger partial charge >= 0.3 is 0 Å². The van der Waals surface area contributed by atoms with Gasteiger partial charge in [0.15, 0.2) is 0 Å². The van der Waals surface area contributed by atoms with Gasteiger partial charge in [0.25, 0.3) is 0 Å². The minimum Gasteiger partial charge on any atom is -0.383 e. The van der Waals surface area contributed by atoms with Crippen LogP contribution in [0.15, 0.2) is 0 Å². The Morgan fingerprint density at radius 2 is 1.89 bits per heavy atom. The maximum Gasteiger partial charge on any atom is 0.236 e. The lowest BCUT2D eigenvalue weighted by atomic mass is 10.3. The van der Waals surface area contributed by atoms with Gasteiger partial charge in [0.05, 0.1) is 19.2 Å². The summed E-state index contributed by atoms with van der Waals surface area (Å²) >= 11 is 0. The fourth-order valence-electron chi connectivity index (χ4n) is 1.45. The summed E-state index contributed by atoms with van der Waals surface area (Å²) in [4.78, 5) is 25.0. The molecule has 0 aliphatic carbocycles. The molecule has 0 aromatic heterocycles. The number of hydrogen-bond donors (Lipinski definition) is 2. The summed E-state index contributed by atoms with van der Waals surface area (Å²) < 4.78 is 4.83. The van der Waals surface area contributed by atoms with E-state index in [0.717, 1.165) is 0 Å². The molecule has 0 saturated carbocycles. The number of ether oxygens (including phenoxy) is 1. The highest BCUT2D eigenvalue weighted by Gasteiger charge is 2.15. The Labute approximate surface area is 109 Å². The summed E-state index contributed by atoms with van der Waals surface area (Å²) in [6.45, 7) is 8.11. The number of likely N-dealkylation sites (N-methyl/N-ethyl adjacent to an activating group) is 1. The van der Waals surface area contributed by atoms with Gasteiger partial charge in [0, 0.05) is 26.7 Å². The van der Waals surface area contributed by atoms with E-state index in [2.05, 4.69) is 10.6 Å². The molecule has 1 atom stereocenters. The number of nitrogens with zero attached hydrogens (tertiary/aromatic N) is 1. The predicted molar refractivity (Wildman–Crippen MR) is 70.3 cm³/mol. The van der Waals surface area contributed by atoms with E-state index in [4.69, 9.17) is 4.74 Å². The van der Waals surface area contributed by atoms with Crippen molar-refractivity contribution in [2.45, 2.75) is 26.8 Å². The summed E-state index contributed by atoms with van der Waals surface area (Å²) in [5.74, 6) is -0.115. The quantitative estimate of drug-likeness (QED) is 0.553. The van der Waals surface area contributed by atoms with E-state index in [0.29, 0.717) is 26.2 Å². The second-order valence-electron chi connectivity index (χ2n) is 3.95. The van der Waals surface area contributed by atoms with Crippen LogP contribution in [0.3, 0.4) is 0 Å². The molecule has 106 valence electrons. The lowest BCUT2D eigenvalue weighted by molar-refractivity contribution is -0.130. The molecule has 2 N–H and O–H groups in total. The molecule has 2 amide bonds. The Morgan fingerprint density at radius 3 is 2.39 bits per heavy atom. The monoisotopic (exact) mass is 259 g/mol. The lowest BCUT2D eigenvalue weighted by Crippen LogP contribution is -2.47. The molecule has 6 nitrogen and oxygen atoms in total. The highest BCUT2D eigenvalue weighted by atomic mass is 16.5. The smallest absolute Gasteiger partial charge is 0.236 e. The van der Waals surface area contributed by atoms with Gasteiger partial charge in [-0.2, -0.15) is 0 Å². The molecule has 0 aromatic carbocycles. The Kier molecular flexibility index (Phi) is 9.22. The van der Waals surface area contributed by atoms with Crippen LogP contribution in [0.2, 0.25) is 0 Å². The van der Waals surface area contributed by atoms with Gasteiger partial charge < -0.3 is 15.0 Å². The van der Waals surface area contributed by atoms with Crippen LogP contribution in [0.25, 0.3) is 0 Å². The normalized spacial score (nSPS) is 12.0. The summed E-state index contributed by atoms with van der Waals surface area (Å²) in [6.07, 6.45) is 0. The maximum atomic E-state index is 11.7. The van der Waals surface area contributed by atoms with Crippen molar-refractivity contribution in [3.63, 3.8) is 0 Å². The Hall–Kier alpha value is -1.14. The molecule has 18 heavy (non-hydrogen) atoms. The Balaban J connectivity index is 3.90. The zero-order valence-corrected chi connectivity index (χ0v) is 11.8. The van der Waals surface area contributed by atoms with Gasteiger partial charge in [-0.3, -0.25) is 14.9 Å². The predicted octanol–water partition coefficient (Wildman–Crippen LogP) is -0.404. The van der Waals surface area contributed by atoms with Crippen molar-refractivity contribution in [1.82, 2.24) is 15.5 Å². The molecule has 0 spiro atoms. The summed E-state index contributed by atoms with van der Waals surface area (Å²) in [6, 6.07) is -0.388. The van der Waals surface area contributed by atoms with Crippen LogP contribution in [0, 0.1) is 0 Å². The van der Waals surface area contributed by atoms with Crippen molar-refractivity contribution in [3.05, 3.63) is 0 Å². The minimum atomic E-state index is -0.388. The molecule has 0 heterocycles. The van der Waals surface area contributed by atoms with Crippen molar-refractivity contribution < 1.29 is 14.3 Å². The van der Waals surface area contributed by atoms with E-state index in [1.54, 1.807) is 18.9 Å². The Bertz CT molecular complexity index is 255.